The van der Waals surface area contributed by atoms with E-state index >= 15 is 0 Å². The summed E-state index contributed by atoms with van der Waals surface area (Å²) in [7, 11) is 0. The van der Waals surface area contributed by atoms with E-state index in [1.807, 2.05) is 18.2 Å². The molecule has 0 amide bonds. The van der Waals surface area contributed by atoms with E-state index in [-0.39, 0.29) is 5.41 Å². The second-order valence-electron chi connectivity index (χ2n) is 18.9. The van der Waals surface area contributed by atoms with E-state index in [1.165, 1.54) is 60.4 Å². The van der Waals surface area contributed by atoms with Crippen molar-refractivity contribution in [2.24, 2.45) is 0 Å². The van der Waals surface area contributed by atoms with Gasteiger partial charge in [-0.05, 0) is 141 Å². The van der Waals surface area contributed by atoms with Crippen LogP contribution in [-0.4, -0.2) is 9.55 Å². The van der Waals surface area contributed by atoms with Gasteiger partial charge in [0.05, 0.1) is 11.0 Å². The van der Waals surface area contributed by atoms with Crippen molar-refractivity contribution in [3.8, 4) is 50.2 Å². The SMILES string of the molecule is CC1(C)c2ccccc2-c2cc3c(cc21)[nH]c1ccc(-c2ccc4c(c2)c2cc(-c5cccc6oc7ccccc7c56)ccc2n4-c2ccc(-c4cccc5oc6ccccc6c45)cc2)cc13. The lowest BCUT2D eigenvalue weighted by Crippen LogP contribution is -2.14. The van der Waals surface area contributed by atoms with Crippen molar-refractivity contribution in [3.05, 3.63) is 211 Å². The number of rotatable bonds is 4. The van der Waals surface area contributed by atoms with Gasteiger partial charge in [-0.3, -0.25) is 0 Å². The van der Waals surface area contributed by atoms with Gasteiger partial charge in [0.25, 0.3) is 0 Å². The Labute approximate surface area is 384 Å². The van der Waals surface area contributed by atoms with Gasteiger partial charge in [-0.2, -0.15) is 0 Å². The molecule has 0 bridgehead atoms. The zero-order chi connectivity index (χ0) is 44.1. The number of para-hydroxylation sites is 2. The molecule has 0 fully saturated rings. The molecule has 10 aromatic carbocycles. The molecule has 4 heterocycles. The fourth-order valence-corrected chi connectivity index (χ4v) is 11.7. The van der Waals surface area contributed by atoms with E-state index in [1.54, 1.807) is 0 Å². The molecular formula is C63H40N2O2. The van der Waals surface area contributed by atoms with Crippen molar-refractivity contribution < 1.29 is 8.83 Å². The number of H-pyrrole nitrogens is 1. The summed E-state index contributed by atoms with van der Waals surface area (Å²) >= 11 is 0. The average Bonchev–Trinajstić information content (AvgIpc) is 4.17. The summed E-state index contributed by atoms with van der Waals surface area (Å²) in [5.74, 6) is 0. The Bertz CT molecular complexity index is 4420. The van der Waals surface area contributed by atoms with Gasteiger partial charge in [0.1, 0.15) is 22.3 Å². The zero-order valence-electron chi connectivity index (χ0n) is 36.8. The largest absolute Gasteiger partial charge is 0.456 e. The van der Waals surface area contributed by atoms with Gasteiger partial charge >= 0.3 is 0 Å². The zero-order valence-corrected chi connectivity index (χ0v) is 36.8. The summed E-state index contributed by atoms with van der Waals surface area (Å²) in [6, 6.07) is 73.0. The first-order chi connectivity index (χ1) is 32.9. The maximum Gasteiger partial charge on any atom is 0.136 e. The van der Waals surface area contributed by atoms with Gasteiger partial charge in [0.15, 0.2) is 0 Å². The molecule has 1 aliphatic rings. The van der Waals surface area contributed by atoms with Crippen molar-refractivity contribution in [3.63, 3.8) is 0 Å². The van der Waals surface area contributed by atoms with Crippen LogP contribution in [0.2, 0.25) is 0 Å². The van der Waals surface area contributed by atoms with Crippen molar-refractivity contribution in [2.75, 3.05) is 0 Å². The van der Waals surface area contributed by atoms with Gasteiger partial charge in [-0.25, -0.2) is 0 Å². The molecule has 14 aromatic rings. The molecule has 4 aromatic heterocycles. The number of nitrogens with one attached hydrogen (secondary N) is 1. The van der Waals surface area contributed by atoms with E-state index in [2.05, 4.69) is 205 Å². The average molecular weight is 857 g/mol. The number of fused-ring (bicyclic) bond motifs is 15. The normalized spacial score (nSPS) is 13.3. The Morgan fingerprint density at radius 1 is 0.358 bits per heavy atom. The highest BCUT2D eigenvalue weighted by atomic mass is 16.3. The van der Waals surface area contributed by atoms with Gasteiger partial charge in [0, 0.05) is 65.2 Å². The topological polar surface area (TPSA) is 47.0 Å². The second kappa shape index (κ2) is 13.2. The van der Waals surface area contributed by atoms with E-state index in [0.29, 0.717) is 0 Å². The summed E-state index contributed by atoms with van der Waals surface area (Å²) in [4.78, 5) is 3.78. The first kappa shape index (κ1) is 36.7. The highest BCUT2D eigenvalue weighted by Crippen LogP contribution is 2.51. The van der Waals surface area contributed by atoms with E-state index in [4.69, 9.17) is 8.83 Å². The molecule has 0 atom stereocenters. The number of aromatic amines is 1. The fraction of sp³-hybridized carbons (Fsp3) is 0.0476. The predicted molar refractivity (Wildman–Crippen MR) is 279 cm³/mol. The van der Waals surface area contributed by atoms with Crippen LogP contribution in [0.5, 0.6) is 0 Å². The van der Waals surface area contributed by atoms with Crippen molar-refractivity contribution in [1.82, 2.24) is 9.55 Å². The van der Waals surface area contributed by atoms with Crippen LogP contribution >= 0.6 is 0 Å². The summed E-state index contributed by atoms with van der Waals surface area (Å²) in [5, 5.41) is 9.44. The summed E-state index contributed by atoms with van der Waals surface area (Å²) in [6.45, 7) is 4.69. The Balaban J connectivity index is 0.916. The fourth-order valence-electron chi connectivity index (χ4n) is 11.7. The Morgan fingerprint density at radius 3 is 1.58 bits per heavy atom. The minimum absolute atomic E-state index is 0.0534. The van der Waals surface area contributed by atoms with Gasteiger partial charge in [-0.15, -0.1) is 0 Å². The molecule has 0 saturated carbocycles. The molecule has 15 rings (SSSR count). The van der Waals surface area contributed by atoms with Crippen molar-refractivity contribution in [1.29, 1.82) is 0 Å². The monoisotopic (exact) mass is 856 g/mol. The minimum Gasteiger partial charge on any atom is -0.456 e. The number of nitrogens with zero attached hydrogens (tertiary/aromatic N) is 1. The van der Waals surface area contributed by atoms with Crippen LogP contribution in [0, 0.1) is 0 Å². The highest BCUT2D eigenvalue weighted by Gasteiger charge is 2.35. The maximum absolute atomic E-state index is 6.37. The molecule has 0 unspecified atom stereocenters. The lowest BCUT2D eigenvalue weighted by atomic mass is 9.82. The molecule has 1 aliphatic carbocycles. The van der Waals surface area contributed by atoms with Gasteiger partial charge in [-0.1, -0.05) is 129 Å². The van der Waals surface area contributed by atoms with E-state index in [9.17, 15) is 0 Å². The van der Waals surface area contributed by atoms with Crippen LogP contribution in [0.25, 0.3) is 138 Å². The quantitative estimate of drug-likeness (QED) is 0.192. The number of furan rings is 2. The molecule has 4 nitrogen and oxygen atoms in total. The molecule has 314 valence electrons. The standard InChI is InChI=1S/C63H40N2O2/c1-63(2)51-16-6-3-11-43(51)46-34-48-47-31-37(23-28-53(47)64-54(48)35-52(46)63)38-24-29-55-49(32-38)50-33-39(42-15-10-20-60-62(42)45-13-5-8-18-58(45)67-60)25-30-56(50)65(55)40-26-21-36(22-27-40)41-14-9-19-59-61(41)44-12-4-7-17-57(44)66-59/h3-35,64H,1-2H3. The number of aromatic nitrogens is 2. The molecule has 0 aliphatic heterocycles. The van der Waals surface area contributed by atoms with Crippen LogP contribution < -0.4 is 0 Å². The third kappa shape index (κ3) is 5.13. The Kier molecular flexibility index (Phi) is 7.26. The highest BCUT2D eigenvalue weighted by molar-refractivity contribution is 6.17. The Morgan fingerprint density at radius 2 is 0.881 bits per heavy atom. The second-order valence-corrected chi connectivity index (χ2v) is 18.9. The smallest absolute Gasteiger partial charge is 0.136 e. The summed E-state index contributed by atoms with van der Waals surface area (Å²) in [5.41, 5.74) is 21.7. The maximum atomic E-state index is 6.37. The molecule has 0 saturated heterocycles. The predicted octanol–water partition coefficient (Wildman–Crippen LogP) is 17.5. The third-order valence-electron chi connectivity index (χ3n) is 15.0. The molecular weight excluding hydrogens is 817 g/mol. The lowest BCUT2D eigenvalue weighted by molar-refractivity contribution is 0.661. The number of hydrogen-bond donors (Lipinski definition) is 1. The van der Waals surface area contributed by atoms with Crippen LogP contribution in [0.3, 0.4) is 0 Å². The minimum atomic E-state index is -0.0534. The molecule has 1 N–H and O–H groups in total. The molecule has 4 heteroatoms. The summed E-state index contributed by atoms with van der Waals surface area (Å²) in [6.07, 6.45) is 0. The van der Waals surface area contributed by atoms with Crippen LogP contribution in [0.1, 0.15) is 25.0 Å². The van der Waals surface area contributed by atoms with E-state index in [0.717, 1.165) is 88.4 Å². The first-order valence-electron chi connectivity index (χ1n) is 23.1. The molecule has 0 radical (unpaired) electrons. The van der Waals surface area contributed by atoms with Gasteiger partial charge in [0.2, 0.25) is 0 Å². The first-order valence-corrected chi connectivity index (χ1v) is 23.1. The van der Waals surface area contributed by atoms with Gasteiger partial charge < -0.3 is 18.4 Å². The lowest BCUT2D eigenvalue weighted by Gasteiger charge is -2.21. The van der Waals surface area contributed by atoms with Crippen LogP contribution in [0.4, 0.5) is 0 Å². The van der Waals surface area contributed by atoms with Crippen LogP contribution in [-0.2, 0) is 5.41 Å². The molecule has 0 spiro atoms. The van der Waals surface area contributed by atoms with Crippen LogP contribution in [0.15, 0.2) is 209 Å². The third-order valence-corrected chi connectivity index (χ3v) is 15.0. The Hall–Kier alpha value is -8.60. The van der Waals surface area contributed by atoms with Crippen molar-refractivity contribution in [2.45, 2.75) is 19.3 Å². The number of hydrogen-bond acceptors (Lipinski definition) is 2. The summed E-state index contributed by atoms with van der Waals surface area (Å²) < 4.78 is 15.1. The van der Waals surface area contributed by atoms with Crippen molar-refractivity contribution >= 4 is 87.5 Å². The molecule has 67 heavy (non-hydrogen) atoms. The van der Waals surface area contributed by atoms with E-state index < -0.39 is 0 Å². The number of benzene rings is 10.